The van der Waals surface area contributed by atoms with E-state index in [0.717, 1.165) is 5.39 Å². The summed E-state index contributed by atoms with van der Waals surface area (Å²) in [6, 6.07) is 16.3. The Morgan fingerprint density at radius 2 is 1.86 bits per heavy atom. The summed E-state index contributed by atoms with van der Waals surface area (Å²) in [5.41, 5.74) is 7.93. The van der Waals surface area contributed by atoms with Gasteiger partial charge in [-0.15, -0.1) is 0 Å². The Balaban J connectivity index is 2.21. The molecule has 2 aromatic carbocycles. The number of carbonyl (C=O) groups is 1. The van der Waals surface area contributed by atoms with Crippen LogP contribution in [0.1, 0.15) is 16.1 Å². The van der Waals surface area contributed by atoms with E-state index in [9.17, 15) is 4.79 Å². The molecule has 0 spiro atoms. The number of aromatic nitrogens is 1. The Morgan fingerprint density at radius 1 is 1.10 bits per heavy atom. The van der Waals surface area contributed by atoms with E-state index in [1.165, 1.54) is 7.11 Å². The van der Waals surface area contributed by atoms with Crippen LogP contribution in [0.25, 0.3) is 10.9 Å². The number of nitrogens with zero attached hydrogens (tertiary/aromatic N) is 1. The van der Waals surface area contributed by atoms with Gasteiger partial charge in [0.1, 0.15) is 5.75 Å². The summed E-state index contributed by atoms with van der Waals surface area (Å²) < 4.78 is 5.31. The summed E-state index contributed by atoms with van der Waals surface area (Å²) >= 11 is 0. The Bertz CT molecular complexity index is 814. The van der Waals surface area contributed by atoms with E-state index in [0.29, 0.717) is 22.5 Å². The third-order valence-electron chi connectivity index (χ3n) is 3.31. The predicted octanol–water partition coefficient (Wildman–Crippen LogP) is 3.06. The lowest BCUT2D eigenvalue weighted by Crippen LogP contribution is -2.07. The lowest BCUT2D eigenvalue weighted by molar-refractivity contribution is 0.103. The van der Waals surface area contributed by atoms with Crippen molar-refractivity contribution < 1.29 is 9.53 Å². The van der Waals surface area contributed by atoms with Crippen molar-refractivity contribution in [3.8, 4) is 5.75 Å². The second kappa shape index (κ2) is 5.25. The molecule has 0 saturated heterocycles. The molecular weight excluding hydrogens is 264 g/mol. The molecule has 21 heavy (non-hydrogen) atoms. The fraction of sp³-hybridized carbons (Fsp3) is 0.0588. The van der Waals surface area contributed by atoms with Crippen LogP contribution in [0.4, 0.5) is 5.69 Å². The highest BCUT2D eigenvalue weighted by Crippen LogP contribution is 2.27. The molecule has 0 amide bonds. The van der Waals surface area contributed by atoms with Gasteiger partial charge in [-0.25, -0.2) is 4.98 Å². The van der Waals surface area contributed by atoms with E-state index < -0.39 is 0 Å². The van der Waals surface area contributed by atoms with E-state index in [1.807, 2.05) is 30.3 Å². The number of rotatable bonds is 3. The first kappa shape index (κ1) is 13.1. The van der Waals surface area contributed by atoms with Crippen LogP contribution in [-0.2, 0) is 0 Å². The van der Waals surface area contributed by atoms with Crippen LogP contribution in [0.3, 0.4) is 0 Å². The first-order valence-electron chi connectivity index (χ1n) is 6.53. The number of ether oxygens (including phenoxy) is 1. The third kappa shape index (κ3) is 2.31. The van der Waals surface area contributed by atoms with E-state index >= 15 is 0 Å². The standard InChI is InChI=1S/C17H14N2O2/c1-21-14-10-12-8-5-9-13(18)15(12)19-16(14)17(20)11-6-3-2-4-7-11/h2-10H,18H2,1H3. The minimum Gasteiger partial charge on any atom is -0.494 e. The van der Waals surface area contributed by atoms with Gasteiger partial charge in [0.2, 0.25) is 5.78 Å². The molecule has 0 fully saturated rings. The maximum absolute atomic E-state index is 12.6. The molecule has 0 aliphatic carbocycles. The molecule has 0 aliphatic rings. The minimum atomic E-state index is -0.183. The minimum absolute atomic E-state index is 0.183. The van der Waals surface area contributed by atoms with E-state index in [-0.39, 0.29) is 11.5 Å². The molecule has 0 radical (unpaired) electrons. The number of nitrogen functional groups attached to an aromatic ring is 1. The second-order valence-corrected chi connectivity index (χ2v) is 4.65. The Labute approximate surface area is 122 Å². The summed E-state index contributed by atoms with van der Waals surface area (Å²) in [5, 5.41) is 0.844. The van der Waals surface area contributed by atoms with Crippen LogP contribution < -0.4 is 10.5 Å². The maximum Gasteiger partial charge on any atom is 0.215 e. The maximum atomic E-state index is 12.6. The van der Waals surface area contributed by atoms with Crippen LogP contribution in [0, 0.1) is 0 Å². The highest BCUT2D eigenvalue weighted by molar-refractivity contribution is 6.11. The summed E-state index contributed by atoms with van der Waals surface area (Å²) in [6.45, 7) is 0. The van der Waals surface area contributed by atoms with Gasteiger partial charge in [0, 0.05) is 10.9 Å². The molecule has 0 saturated carbocycles. The molecule has 2 N–H and O–H groups in total. The van der Waals surface area contributed by atoms with Crippen LogP contribution in [0.15, 0.2) is 54.6 Å². The number of carbonyl (C=O) groups excluding carboxylic acids is 1. The fourth-order valence-electron chi connectivity index (χ4n) is 2.25. The molecule has 3 rings (SSSR count). The Hall–Kier alpha value is -2.88. The molecule has 1 heterocycles. The normalized spacial score (nSPS) is 10.5. The number of ketones is 1. The first-order chi connectivity index (χ1) is 10.2. The zero-order valence-electron chi connectivity index (χ0n) is 11.5. The van der Waals surface area contributed by atoms with Crippen LogP contribution in [-0.4, -0.2) is 17.9 Å². The molecule has 0 unspecified atom stereocenters. The zero-order valence-corrected chi connectivity index (χ0v) is 11.5. The Morgan fingerprint density at radius 3 is 2.57 bits per heavy atom. The van der Waals surface area contributed by atoms with Gasteiger partial charge in [-0.1, -0.05) is 42.5 Å². The van der Waals surface area contributed by atoms with Crippen molar-refractivity contribution in [1.29, 1.82) is 0 Å². The fourth-order valence-corrected chi connectivity index (χ4v) is 2.25. The number of benzene rings is 2. The molecule has 0 aliphatic heterocycles. The first-order valence-corrected chi connectivity index (χ1v) is 6.53. The van der Waals surface area contributed by atoms with Crippen LogP contribution in [0.5, 0.6) is 5.75 Å². The lowest BCUT2D eigenvalue weighted by atomic mass is 10.1. The van der Waals surface area contributed by atoms with E-state index in [1.54, 1.807) is 24.3 Å². The molecule has 1 aromatic heterocycles. The van der Waals surface area contributed by atoms with Gasteiger partial charge in [-0.2, -0.15) is 0 Å². The molecular formula is C17H14N2O2. The number of methoxy groups -OCH3 is 1. The number of nitrogens with two attached hydrogens (primary N) is 1. The highest BCUT2D eigenvalue weighted by Gasteiger charge is 2.17. The van der Waals surface area contributed by atoms with Gasteiger partial charge < -0.3 is 10.5 Å². The van der Waals surface area contributed by atoms with Gasteiger partial charge in [-0.05, 0) is 12.1 Å². The van der Waals surface area contributed by atoms with Crippen molar-refractivity contribution in [2.75, 3.05) is 12.8 Å². The molecule has 0 atom stereocenters. The molecule has 4 nitrogen and oxygen atoms in total. The number of para-hydroxylation sites is 1. The van der Waals surface area contributed by atoms with Crippen molar-refractivity contribution in [1.82, 2.24) is 4.98 Å². The topological polar surface area (TPSA) is 65.2 Å². The average molecular weight is 278 g/mol. The third-order valence-corrected chi connectivity index (χ3v) is 3.31. The van der Waals surface area contributed by atoms with Crippen molar-refractivity contribution >= 4 is 22.4 Å². The average Bonchev–Trinajstić information content (AvgIpc) is 2.54. The van der Waals surface area contributed by atoms with Crippen molar-refractivity contribution in [3.05, 3.63) is 65.9 Å². The van der Waals surface area contributed by atoms with Gasteiger partial charge in [-0.3, -0.25) is 4.79 Å². The SMILES string of the molecule is COc1cc2cccc(N)c2nc1C(=O)c1ccccc1. The van der Waals surface area contributed by atoms with Crippen LogP contribution >= 0.6 is 0 Å². The lowest BCUT2D eigenvalue weighted by Gasteiger charge is -2.10. The number of hydrogen-bond acceptors (Lipinski definition) is 4. The highest BCUT2D eigenvalue weighted by atomic mass is 16.5. The monoisotopic (exact) mass is 278 g/mol. The second-order valence-electron chi connectivity index (χ2n) is 4.65. The van der Waals surface area contributed by atoms with Gasteiger partial charge in [0.25, 0.3) is 0 Å². The number of hydrogen-bond donors (Lipinski definition) is 1. The molecule has 0 bridgehead atoms. The van der Waals surface area contributed by atoms with Crippen molar-refractivity contribution in [2.45, 2.75) is 0 Å². The molecule has 3 aromatic rings. The van der Waals surface area contributed by atoms with Gasteiger partial charge >= 0.3 is 0 Å². The smallest absolute Gasteiger partial charge is 0.215 e. The van der Waals surface area contributed by atoms with Crippen molar-refractivity contribution in [3.63, 3.8) is 0 Å². The molecule has 4 heteroatoms. The van der Waals surface area contributed by atoms with Gasteiger partial charge in [0.15, 0.2) is 5.69 Å². The quantitative estimate of drug-likeness (QED) is 0.590. The van der Waals surface area contributed by atoms with E-state index in [4.69, 9.17) is 10.5 Å². The summed E-state index contributed by atoms with van der Waals surface area (Å²) in [5.74, 6) is 0.263. The van der Waals surface area contributed by atoms with Crippen LogP contribution in [0.2, 0.25) is 0 Å². The summed E-state index contributed by atoms with van der Waals surface area (Å²) in [6.07, 6.45) is 0. The largest absolute Gasteiger partial charge is 0.494 e. The Kier molecular flexibility index (Phi) is 3.28. The summed E-state index contributed by atoms with van der Waals surface area (Å²) in [7, 11) is 1.52. The van der Waals surface area contributed by atoms with Gasteiger partial charge in [0.05, 0.1) is 18.3 Å². The summed E-state index contributed by atoms with van der Waals surface area (Å²) in [4.78, 5) is 17.0. The predicted molar refractivity (Wildman–Crippen MR) is 82.6 cm³/mol. The molecule has 104 valence electrons. The zero-order chi connectivity index (χ0) is 14.8. The van der Waals surface area contributed by atoms with E-state index in [2.05, 4.69) is 4.98 Å². The number of anilines is 1. The van der Waals surface area contributed by atoms with Crippen molar-refractivity contribution in [2.24, 2.45) is 0 Å². The number of pyridine rings is 1. The number of fused-ring (bicyclic) bond motifs is 1.